The molecular formula is C23H39N3O. The van der Waals surface area contributed by atoms with Crippen molar-refractivity contribution in [1.82, 2.24) is 5.32 Å². The fourth-order valence-corrected chi connectivity index (χ4v) is 5.23. The molecule has 4 heteroatoms. The quantitative estimate of drug-likeness (QED) is 0.664. The minimum Gasteiger partial charge on any atom is -0.394 e. The van der Waals surface area contributed by atoms with Gasteiger partial charge in [-0.15, -0.1) is 0 Å². The molecule has 3 fully saturated rings. The molecule has 0 heterocycles. The SMILES string of the molecule is CCC(NC(=O)C(N)=C1CCCCC1=NC1CCCCC1)C1CCCCC1. The van der Waals surface area contributed by atoms with Crippen molar-refractivity contribution >= 4 is 11.6 Å². The smallest absolute Gasteiger partial charge is 0.267 e. The van der Waals surface area contributed by atoms with Crippen molar-refractivity contribution in [2.24, 2.45) is 16.6 Å². The predicted octanol–water partition coefficient (Wildman–Crippen LogP) is 5.02. The zero-order valence-corrected chi connectivity index (χ0v) is 17.3. The molecule has 0 aromatic heterocycles. The van der Waals surface area contributed by atoms with Crippen LogP contribution in [0.25, 0.3) is 0 Å². The predicted molar refractivity (Wildman–Crippen MR) is 113 cm³/mol. The standard InChI is InChI=1S/C23H39N3O/c1-2-20(17-11-5-3-6-12-17)26-23(27)22(24)19-15-9-10-16-21(19)25-18-13-7-4-8-14-18/h17-18,20H,2-16,24H2,1H3,(H,26,27). The topological polar surface area (TPSA) is 67.5 Å². The fourth-order valence-electron chi connectivity index (χ4n) is 5.23. The Bertz CT molecular complexity index is 554. The van der Waals surface area contributed by atoms with E-state index in [1.807, 2.05) is 0 Å². The molecule has 3 aliphatic carbocycles. The molecule has 1 unspecified atom stereocenters. The number of nitrogens with two attached hydrogens (primary N) is 1. The van der Waals surface area contributed by atoms with Gasteiger partial charge in [-0.2, -0.15) is 0 Å². The summed E-state index contributed by atoms with van der Waals surface area (Å²) in [5.74, 6) is 0.563. The molecule has 0 radical (unpaired) electrons. The lowest BCUT2D eigenvalue weighted by Gasteiger charge is -2.30. The zero-order valence-electron chi connectivity index (χ0n) is 17.3. The molecule has 4 nitrogen and oxygen atoms in total. The van der Waals surface area contributed by atoms with E-state index in [1.165, 1.54) is 70.6 Å². The molecule has 0 bridgehead atoms. The van der Waals surface area contributed by atoms with Gasteiger partial charge in [0.1, 0.15) is 5.70 Å². The number of hydrogen-bond acceptors (Lipinski definition) is 3. The number of aliphatic imine (C=N–C) groups is 1. The largest absolute Gasteiger partial charge is 0.394 e. The molecule has 0 aromatic rings. The highest BCUT2D eigenvalue weighted by molar-refractivity contribution is 6.08. The molecule has 0 aromatic carbocycles. The Labute approximate surface area is 165 Å². The average molecular weight is 374 g/mol. The third-order valence-electron chi connectivity index (χ3n) is 6.90. The van der Waals surface area contributed by atoms with Crippen LogP contribution in [0.4, 0.5) is 0 Å². The molecule has 0 aliphatic heterocycles. The van der Waals surface area contributed by atoms with Gasteiger partial charge in [0.25, 0.3) is 5.91 Å². The summed E-state index contributed by atoms with van der Waals surface area (Å²) in [4.78, 5) is 18.0. The third kappa shape index (κ3) is 5.58. The Kier molecular flexibility index (Phi) is 7.78. The van der Waals surface area contributed by atoms with E-state index < -0.39 is 0 Å². The maximum atomic E-state index is 12.9. The molecule has 3 N–H and O–H groups in total. The number of carbonyl (C=O) groups is 1. The molecule has 0 spiro atoms. The van der Waals surface area contributed by atoms with Crippen LogP contribution in [-0.2, 0) is 4.79 Å². The van der Waals surface area contributed by atoms with Crippen LogP contribution in [0.3, 0.4) is 0 Å². The zero-order chi connectivity index (χ0) is 19.1. The first kappa shape index (κ1) is 20.4. The number of nitrogens with one attached hydrogen (secondary N) is 1. The van der Waals surface area contributed by atoms with Crippen LogP contribution in [0.5, 0.6) is 0 Å². The van der Waals surface area contributed by atoms with Gasteiger partial charge in [0.2, 0.25) is 0 Å². The molecule has 1 atom stereocenters. The van der Waals surface area contributed by atoms with E-state index in [4.69, 9.17) is 10.7 Å². The first-order chi connectivity index (χ1) is 13.2. The van der Waals surface area contributed by atoms with Crippen LogP contribution in [0, 0.1) is 5.92 Å². The van der Waals surface area contributed by atoms with Gasteiger partial charge in [0.15, 0.2) is 0 Å². The molecule has 0 saturated heterocycles. The minimum absolute atomic E-state index is 0.0549. The number of carbonyl (C=O) groups excluding carboxylic acids is 1. The van der Waals surface area contributed by atoms with E-state index in [9.17, 15) is 4.79 Å². The van der Waals surface area contributed by atoms with Crippen molar-refractivity contribution in [3.63, 3.8) is 0 Å². The van der Waals surface area contributed by atoms with Crippen molar-refractivity contribution < 1.29 is 4.79 Å². The molecule has 1 amide bonds. The normalized spacial score (nSPS) is 27.4. The summed E-state index contributed by atoms with van der Waals surface area (Å²) in [5, 5.41) is 3.28. The maximum absolute atomic E-state index is 12.9. The van der Waals surface area contributed by atoms with Gasteiger partial charge in [-0.3, -0.25) is 9.79 Å². The van der Waals surface area contributed by atoms with Crippen LogP contribution < -0.4 is 11.1 Å². The first-order valence-electron chi connectivity index (χ1n) is 11.6. The summed E-state index contributed by atoms with van der Waals surface area (Å²) in [6, 6.07) is 0.711. The maximum Gasteiger partial charge on any atom is 0.267 e. The van der Waals surface area contributed by atoms with Crippen LogP contribution in [0.15, 0.2) is 16.3 Å². The number of hydrogen-bond donors (Lipinski definition) is 2. The van der Waals surface area contributed by atoms with Gasteiger partial charge >= 0.3 is 0 Å². The van der Waals surface area contributed by atoms with Crippen LogP contribution >= 0.6 is 0 Å². The van der Waals surface area contributed by atoms with Gasteiger partial charge in [-0.05, 0) is 63.7 Å². The van der Waals surface area contributed by atoms with Crippen LogP contribution in [0.1, 0.15) is 103 Å². The first-order valence-corrected chi connectivity index (χ1v) is 11.6. The van der Waals surface area contributed by atoms with E-state index in [2.05, 4.69) is 12.2 Å². The highest BCUT2D eigenvalue weighted by atomic mass is 16.2. The molecule has 3 rings (SSSR count). The van der Waals surface area contributed by atoms with E-state index in [0.717, 1.165) is 37.0 Å². The lowest BCUT2D eigenvalue weighted by molar-refractivity contribution is -0.118. The number of nitrogens with zero attached hydrogens (tertiary/aromatic N) is 1. The summed E-state index contributed by atoms with van der Waals surface area (Å²) in [6.45, 7) is 2.18. The van der Waals surface area contributed by atoms with Crippen molar-refractivity contribution in [3.05, 3.63) is 11.3 Å². The van der Waals surface area contributed by atoms with Crippen LogP contribution in [-0.4, -0.2) is 23.7 Å². The Morgan fingerprint density at radius 1 is 1.00 bits per heavy atom. The molecule has 3 aliphatic rings. The van der Waals surface area contributed by atoms with Gasteiger partial charge in [-0.25, -0.2) is 0 Å². The van der Waals surface area contributed by atoms with Gasteiger partial charge in [0, 0.05) is 17.3 Å². The van der Waals surface area contributed by atoms with Gasteiger partial charge in [-0.1, -0.05) is 45.4 Å². The Morgan fingerprint density at radius 3 is 2.30 bits per heavy atom. The summed E-state index contributed by atoms with van der Waals surface area (Å²) in [6.07, 6.45) is 17.9. The molecule has 27 heavy (non-hydrogen) atoms. The summed E-state index contributed by atoms with van der Waals surface area (Å²) < 4.78 is 0. The monoisotopic (exact) mass is 373 g/mol. The van der Waals surface area contributed by atoms with Gasteiger partial charge < -0.3 is 11.1 Å². The van der Waals surface area contributed by atoms with E-state index >= 15 is 0 Å². The lowest BCUT2D eigenvalue weighted by Crippen LogP contribution is -2.43. The second-order valence-corrected chi connectivity index (χ2v) is 8.85. The van der Waals surface area contributed by atoms with Crippen molar-refractivity contribution in [2.75, 3.05) is 0 Å². The number of allylic oxidation sites excluding steroid dienone is 1. The highest BCUT2D eigenvalue weighted by Gasteiger charge is 2.27. The minimum atomic E-state index is -0.0549. The van der Waals surface area contributed by atoms with Crippen LogP contribution in [0.2, 0.25) is 0 Å². The van der Waals surface area contributed by atoms with E-state index in [1.54, 1.807) is 0 Å². The Morgan fingerprint density at radius 2 is 1.63 bits per heavy atom. The summed E-state index contributed by atoms with van der Waals surface area (Å²) >= 11 is 0. The Balaban J connectivity index is 1.70. The van der Waals surface area contributed by atoms with E-state index in [-0.39, 0.29) is 11.9 Å². The second-order valence-electron chi connectivity index (χ2n) is 8.85. The fraction of sp³-hybridized carbons (Fsp3) is 0.826. The summed E-state index contributed by atoms with van der Waals surface area (Å²) in [5.41, 5.74) is 9.03. The molecule has 152 valence electrons. The average Bonchev–Trinajstić information content (AvgIpc) is 2.73. The third-order valence-corrected chi connectivity index (χ3v) is 6.90. The van der Waals surface area contributed by atoms with Crippen molar-refractivity contribution in [2.45, 2.75) is 115 Å². The lowest BCUT2D eigenvalue weighted by atomic mass is 9.82. The Hall–Kier alpha value is -1.32. The highest BCUT2D eigenvalue weighted by Crippen LogP contribution is 2.29. The molecular weight excluding hydrogens is 334 g/mol. The number of amides is 1. The second kappa shape index (κ2) is 10.3. The van der Waals surface area contributed by atoms with Gasteiger partial charge in [0.05, 0.1) is 6.04 Å². The van der Waals surface area contributed by atoms with E-state index in [0.29, 0.717) is 17.7 Å². The molecule has 3 saturated carbocycles. The number of rotatable bonds is 5. The van der Waals surface area contributed by atoms with Crippen molar-refractivity contribution in [3.8, 4) is 0 Å². The van der Waals surface area contributed by atoms with Crippen molar-refractivity contribution in [1.29, 1.82) is 0 Å². The summed E-state index contributed by atoms with van der Waals surface area (Å²) in [7, 11) is 0.